The zero-order chi connectivity index (χ0) is 23.9. The first-order valence-electron chi connectivity index (χ1n) is 11.3. The summed E-state index contributed by atoms with van der Waals surface area (Å²) in [5.41, 5.74) is -0.873. The van der Waals surface area contributed by atoms with E-state index in [0.29, 0.717) is 24.2 Å². The predicted molar refractivity (Wildman–Crippen MR) is 122 cm³/mol. The van der Waals surface area contributed by atoms with E-state index in [1.807, 2.05) is 48.5 Å². The van der Waals surface area contributed by atoms with Gasteiger partial charge in [0.05, 0.1) is 28.9 Å². The van der Waals surface area contributed by atoms with Crippen molar-refractivity contribution in [3.05, 3.63) is 35.4 Å². The highest BCUT2D eigenvalue weighted by atomic mass is 16.6. The number of piperidine rings is 1. The Hall–Kier alpha value is -2.41. The molecule has 3 amide bonds. The van der Waals surface area contributed by atoms with Crippen LogP contribution in [-0.4, -0.2) is 64.1 Å². The molecule has 7 nitrogen and oxygen atoms in total. The first kappa shape index (κ1) is 24.2. The van der Waals surface area contributed by atoms with Crippen LogP contribution in [0.2, 0.25) is 0 Å². The van der Waals surface area contributed by atoms with Crippen molar-refractivity contribution in [2.45, 2.75) is 78.0 Å². The van der Waals surface area contributed by atoms with Gasteiger partial charge in [0, 0.05) is 13.1 Å². The normalized spacial score (nSPS) is 18.2. The zero-order valence-corrected chi connectivity index (χ0v) is 20.4. The number of rotatable bonds is 5. The molecule has 0 saturated carbocycles. The van der Waals surface area contributed by atoms with Gasteiger partial charge in [0.25, 0.3) is 11.8 Å². The lowest BCUT2D eigenvalue weighted by molar-refractivity contribution is -0.102. The van der Waals surface area contributed by atoms with Gasteiger partial charge < -0.3 is 14.4 Å². The quantitative estimate of drug-likeness (QED) is 0.625. The lowest BCUT2D eigenvalue weighted by Crippen LogP contribution is -2.53. The van der Waals surface area contributed by atoms with Crippen LogP contribution >= 0.6 is 0 Å². The first-order valence-corrected chi connectivity index (χ1v) is 11.3. The van der Waals surface area contributed by atoms with Gasteiger partial charge in [-0.1, -0.05) is 12.1 Å². The van der Waals surface area contributed by atoms with E-state index >= 15 is 0 Å². The molecule has 0 spiro atoms. The van der Waals surface area contributed by atoms with E-state index in [-0.39, 0.29) is 30.4 Å². The topological polar surface area (TPSA) is 76.2 Å². The molecule has 1 saturated heterocycles. The zero-order valence-electron chi connectivity index (χ0n) is 20.4. The minimum absolute atomic E-state index is 0.234. The van der Waals surface area contributed by atoms with E-state index in [4.69, 9.17) is 9.47 Å². The standard InChI is InChI=1S/C25H36N2O5/c1-23(2,3)32-22(30)26-14-12-17(13-15-26)25(6,7)31-16-24(4,5)27-20(28)18-10-8-9-11-19(18)21(27)29/h8-11,17H,12-16H2,1-7H3. The molecule has 0 N–H and O–H groups in total. The van der Waals surface area contributed by atoms with E-state index in [9.17, 15) is 14.4 Å². The molecule has 0 bridgehead atoms. The monoisotopic (exact) mass is 444 g/mol. The van der Waals surface area contributed by atoms with Crippen LogP contribution in [0, 0.1) is 5.92 Å². The predicted octanol–water partition coefficient (Wildman–Crippen LogP) is 4.50. The Labute approximate surface area is 191 Å². The van der Waals surface area contributed by atoms with Crippen molar-refractivity contribution in [3.63, 3.8) is 0 Å². The summed E-state index contributed by atoms with van der Waals surface area (Å²) in [6, 6.07) is 6.91. The van der Waals surface area contributed by atoms with E-state index in [2.05, 4.69) is 0 Å². The summed E-state index contributed by atoms with van der Waals surface area (Å²) < 4.78 is 11.8. The van der Waals surface area contributed by atoms with E-state index in [1.54, 1.807) is 29.2 Å². The molecule has 32 heavy (non-hydrogen) atoms. The molecule has 3 rings (SSSR count). The maximum absolute atomic E-state index is 12.9. The Morgan fingerprint density at radius 2 is 1.44 bits per heavy atom. The summed E-state index contributed by atoms with van der Waals surface area (Å²) in [4.78, 5) is 41.2. The van der Waals surface area contributed by atoms with Crippen molar-refractivity contribution in [1.29, 1.82) is 0 Å². The highest BCUT2D eigenvalue weighted by Crippen LogP contribution is 2.35. The van der Waals surface area contributed by atoms with Gasteiger partial charge in [-0.25, -0.2) is 4.79 Å². The van der Waals surface area contributed by atoms with Crippen LogP contribution in [0.15, 0.2) is 24.3 Å². The highest BCUT2D eigenvalue weighted by molar-refractivity contribution is 6.21. The average molecular weight is 445 g/mol. The minimum Gasteiger partial charge on any atom is -0.444 e. The molecule has 7 heteroatoms. The van der Waals surface area contributed by atoms with E-state index < -0.39 is 16.7 Å². The van der Waals surface area contributed by atoms with E-state index in [0.717, 1.165) is 12.8 Å². The second kappa shape index (κ2) is 8.50. The van der Waals surface area contributed by atoms with Crippen molar-refractivity contribution < 1.29 is 23.9 Å². The summed E-state index contributed by atoms with van der Waals surface area (Å²) in [5, 5.41) is 0. The molecule has 1 fully saturated rings. The molecular weight excluding hydrogens is 408 g/mol. The third kappa shape index (κ3) is 4.98. The fourth-order valence-electron chi connectivity index (χ4n) is 4.37. The fraction of sp³-hybridized carbons (Fsp3) is 0.640. The number of benzene rings is 1. The van der Waals surface area contributed by atoms with Crippen molar-refractivity contribution in [2.75, 3.05) is 19.7 Å². The number of nitrogens with zero attached hydrogens (tertiary/aromatic N) is 2. The maximum atomic E-state index is 12.9. The molecule has 0 radical (unpaired) electrons. The number of fused-ring (bicyclic) bond motifs is 1. The molecule has 2 heterocycles. The van der Waals surface area contributed by atoms with Crippen LogP contribution < -0.4 is 0 Å². The Morgan fingerprint density at radius 3 is 1.91 bits per heavy atom. The van der Waals surface area contributed by atoms with Crippen LogP contribution in [0.1, 0.15) is 82.0 Å². The average Bonchev–Trinajstić information content (AvgIpc) is 2.97. The molecular formula is C25H36N2O5. The number of ether oxygens (including phenoxy) is 2. The lowest BCUT2D eigenvalue weighted by atomic mass is 9.82. The smallest absolute Gasteiger partial charge is 0.410 e. The van der Waals surface area contributed by atoms with Gasteiger partial charge in [-0.3, -0.25) is 14.5 Å². The van der Waals surface area contributed by atoms with Gasteiger partial charge >= 0.3 is 6.09 Å². The third-order valence-electron chi connectivity index (χ3n) is 6.33. The van der Waals surface area contributed by atoms with Crippen molar-refractivity contribution in [3.8, 4) is 0 Å². The Bertz CT molecular complexity index is 857. The maximum Gasteiger partial charge on any atom is 0.410 e. The number of carbonyl (C=O) groups is 3. The Balaban J connectivity index is 1.59. The largest absolute Gasteiger partial charge is 0.444 e. The molecule has 176 valence electrons. The third-order valence-corrected chi connectivity index (χ3v) is 6.33. The summed E-state index contributed by atoms with van der Waals surface area (Å²) in [6.45, 7) is 14.9. The minimum atomic E-state index is -0.790. The summed E-state index contributed by atoms with van der Waals surface area (Å²) in [5.74, 6) is -0.301. The SMILES string of the molecule is CC(C)(C)OC(=O)N1CCC(C(C)(C)OCC(C)(C)N2C(=O)c3ccccc3C2=O)CC1. The molecule has 0 aliphatic carbocycles. The van der Waals surface area contributed by atoms with Gasteiger partial charge in [-0.05, 0) is 79.4 Å². The number of hydrogen-bond donors (Lipinski definition) is 0. The summed E-state index contributed by atoms with van der Waals surface area (Å²) in [6.07, 6.45) is 1.33. The number of hydrogen-bond acceptors (Lipinski definition) is 5. The lowest BCUT2D eigenvalue weighted by Gasteiger charge is -2.43. The Morgan fingerprint density at radius 1 is 0.938 bits per heavy atom. The molecule has 2 aliphatic rings. The number of carbonyl (C=O) groups excluding carboxylic acids is 3. The van der Waals surface area contributed by atoms with Gasteiger partial charge in [-0.2, -0.15) is 0 Å². The second-order valence-corrected chi connectivity index (χ2v) is 10.9. The highest BCUT2D eigenvalue weighted by Gasteiger charge is 2.45. The number of imide groups is 1. The van der Waals surface area contributed by atoms with Gasteiger partial charge in [0.1, 0.15) is 5.60 Å². The molecule has 1 aromatic carbocycles. The van der Waals surface area contributed by atoms with Crippen LogP contribution in [0.25, 0.3) is 0 Å². The van der Waals surface area contributed by atoms with Crippen LogP contribution in [0.3, 0.4) is 0 Å². The van der Waals surface area contributed by atoms with Crippen LogP contribution in [0.4, 0.5) is 4.79 Å². The van der Waals surface area contributed by atoms with Crippen molar-refractivity contribution >= 4 is 17.9 Å². The second-order valence-electron chi connectivity index (χ2n) is 10.9. The number of amides is 3. The summed E-state index contributed by atoms with van der Waals surface area (Å²) in [7, 11) is 0. The Kier molecular flexibility index (Phi) is 6.44. The molecule has 2 aliphatic heterocycles. The van der Waals surface area contributed by atoms with Crippen LogP contribution in [0.5, 0.6) is 0 Å². The molecule has 0 atom stereocenters. The molecule has 1 aromatic rings. The van der Waals surface area contributed by atoms with Gasteiger partial charge in [0.15, 0.2) is 0 Å². The van der Waals surface area contributed by atoms with Crippen LogP contribution in [-0.2, 0) is 9.47 Å². The van der Waals surface area contributed by atoms with E-state index in [1.165, 1.54) is 4.90 Å². The fourth-order valence-corrected chi connectivity index (χ4v) is 4.37. The van der Waals surface area contributed by atoms with Gasteiger partial charge in [-0.15, -0.1) is 0 Å². The summed E-state index contributed by atoms with van der Waals surface area (Å²) >= 11 is 0. The van der Waals surface area contributed by atoms with Crippen molar-refractivity contribution in [2.24, 2.45) is 5.92 Å². The molecule has 0 aromatic heterocycles. The molecule has 0 unspecified atom stereocenters. The van der Waals surface area contributed by atoms with Gasteiger partial charge in [0.2, 0.25) is 0 Å². The number of likely N-dealkylation sites (tertiary alicyclic amines) is 1. The van der Waals surface area contributed by atoms with Crippen molar-refractivity contribution in [1.82, 2.24) is 9.80 Å². The first-order chi connectivity index (χ1) is 14.7.